The predicted molar refractivity (Wildman–Crippen MR) is 385 cm³/mol. The minimum atomic E-state index is -0.666. The molecule has 1 aliphatic rings. The number of hydrogen-bond donors (Lipinski definition) is 0. The van der Waals surface area contributed by atoms with Crippen LogP contribution in [-0.2, 0) is 44.9 Å². The lowest BCUT2D eigenvalue weighted by molar-refractivity contribution is -0.129. The van der Waals surface area contributed by atoms with E-state index < -0.39 is 23.9 Å². The molecule has 9 rings (SSSR count). The molecule has 0 atom stereocenters. The Morgan fingerprint density at radius 1 is 0.280 bits per heavy atom. The summed E-state index contributed by atoms with van der Waals surface area (Å²) in [4.78, 5) is 101. The first-order valence-electron chi connectivity index (χ1n) is 33.7. The molecule has 1 aliphatic carbocycles. The quantitative estimate of drug-likeness (QED) is 0.0126. The fourth-order valence-electron chi connectivity index (χ4n) is 11.1. The topological polar surface area (TPSA) is 210 Å². The third-order valence-corrected chi connectivity index (χ3v) is 16.1. The van der Waals surface area contributed by atoms with E-state index >= 15 is 0 Å². The van der Waals surface area contributed by atoms with Gasteiger partial charge >= 0.3 is 23.9 Å². The molecule has 0 aliphatic heterocycles. The van der Waals surface area contributed by atoms with Crippen LogP contribution in [0.2, 0.25) is 0 Å². The molecule has 8 aromatic rings. The average molecular weight is 1350 g/mol. The van der Waals surface area contributed by atoms with Crippen molar-refractivity contribution in [3.8, 4) is 46.0 Å². The summed E-state index contributed by atoms with van der Waals surface area (Å²) in [5.41, 5.74) is 9.96. The summed E-state index contributed by atoms with van der Waals surface area (Å²) in [5.74, 6) is 0.650. The van der Waals surface area contributed by atoms with Crippen molar-refractivity contribution in [2.24, 2.45) is 0 Å². The number of fused-ring (bicyclic) bond motifs is 8. The van der Waals surface area contributed by atoms with E-state index in [0.717, 1.165) is 95.9 Å². The van der Waals surface area contributed by atoms with Crippen LogP contribution in [0, 0.1) is 0 Å². The second kappa shape index (κ2) is 37.3. The molecule has 0 amide bonds. The van der Waals surface area contributed by atoms with Crippen LogP contribution >= 0.6 is 0 Å². The molecule has 0 saturated heterocycles. The molecular formula is C84H80O16. The summed E-state index contributed by atoms with van der Waals surface area (Å²) in [5, 5.41) is 0. The van der Waals surface area contributed by atoms with Gasteiger partial charge in [-0.1, -0.05) is 53.4 Å². The Balaban J connectivity index is 1.31. The first-order valence-corrected chi connectivity index (χ1v) is 33.7. The summed E-state index contributed by atoms with van der Waals surface area (Å²) < 4.78 is 51.0. The maximum absolute atomic E-state index is 13.8. The number of benzene rings is 8. The Hall–Kier alpha value is -11.5. The highest BCUT2D eigenvalue weighted by Crippen LogP contribution is 2.42. The molecule has 16 nitrogen and oxygen atoms in total. The van der Waals surface area contributed by atoms with Gasteiger partial charge in [0.2, 0.25) is 0 Å². The highest BCUT2D eigenvalue weighted by molar-refractivity contribution is 5.92. The Bertz CT molecular complexity index is 3680. The molecule has 0 unspecified atom stereocenters. The van der Waals surface area contributed by atoms with Crippen molar-refractivity contribution < 1.29 is 76.3 Å². The van der Waals surface area contributed by atoms with Crippen molar-refractivity contribution >= 4 is 73.3 Å². The maximum atomic E-state index is 13.8. The van der Waals surface area contributed by atoms with E-state index in [4.69, 9.17) is 37.9 Å². The number of ether oxygens (including phenoxy) is 8. The molecule has 0 aromatic heterocycles. The number of carbonyl (C=O) groups excluding carboxylic acids is 8. The zero-order valence-electron chi connectivity index (χ0n) is 56.6. The zero-order chi connectivity index (χ0) is 70.6. The third-order valence-electron chi connectivity index (χ3n) is 16.1. The number of unbranched alkanes of at least 4 members (excludes halogenated alkanes) is 4. The molecule has 100 heavy (non-hydrogen) atoms. The number of carbonyl (C=O) groups is 8. The highest BCUT2D eigenvalue weighted by Gasteiger charge is 2.25. The number of rotatable bonds is 32. The van der Waals surface area contributed by atoms with Crippen molar-refractivity contribution in [2.75, 3.05) is 26.4 Å². The van der Waals surface area contributed by atoms with E-state index in [1.165, 1.54) is 24.3 Å². The van der Waals surface area contributed by atoms with Gasteiger partial charge in [0.1, 0.15) is 71.1 Å². The smallest absolute Gasteiger partial charge is 0.336 e. The molecule has 0 saturated carbocycles. The van der Waals surface area contributed by atoms with E-state index in [2.05, 4.69) is 27.7 Å². The standard InChI is InChI=1S/C84H80O16/c1-5-9-37-93-81-65-41-61(21-33-77(89)97-73-25-13-57(53-85)14-26-73)42-66(81)50-68-44-63(23-35-79(91)99-75-29-17-59(55-87)18-30-75)46-70(83(68)95-39-11-7-3)52-72-48-64(24-36-80(92)100-76-31-19-60(56-88)20-32-76)47-71(84(72)96-40-12-8-4)51-69-45-62(43-67(49-65)82(69)94-38-10-6-2)22-34-78(90)98-74-27-15-58(54-86)16-28-74/h13-36,41-48,53-56H,5-12,37-40,49-52H2,1-4H3. The van der Waals surface area contributed by atoms with Crippen LogP contribution in [0.3, 0.4) is 0 Å². The summed E-state index contributed by atoms with van der Waals surface area (Å²) in [6, 6.07) is 40.6. The minimum Gasteiger partial charge on any atom is -0.493 e. The van der Waals surface area contributed by atoms with Gasteiger partial charge in [-0.15, -0.1) is 0 Å². The van der Waals surface area contributed by atoms with E-state index in [9.17, 15) is 38.4 Å². The lowest BCUT2D eigenvalue weighted by atomic mass is 9.88. The largest absolute Gasteiger partial charge is 0.493 e. The molecular weight excluding hydrogens is 1260 g/mol. The van der Waals surface area contributed by atoms with Gasteiger partial charge in [-0.25, -0.2) is 19.2 Å². The van der Waals surface area contributed by atoms with Crippen LogP contribution < -0.4 is 37.9 Å². The predicted octanol–water partition coefficient (Wildman–Crippen LogP) is 16.8. The van der Waals surface area contributed by atoms with Gasteiger partial charge in [0.15, 0.2) is 0 Å². The lowest BCUT2D eigenvalue weighted by Gasteiger charge is -2.24. The minimum absolute atomic E-state index is 0.190. The maximum Gasteiger partial charge on any atom is 0.336 e. The van der Waals surface area contributed by atoms with Crippen LogP contribution in [0.5, 0.6) is 46.0 Å². The van der Waals surface area contributed by atoms with Gasteiger partial charge in [0, 0.05) is 72.2 Å². The van der Waals surface area contributed by atoms with Crippen molar-refractivity contribution in [2.45, 2.75) is 105 Å². The molecule has 0 spiro atoms. The first kappa shape index (κ1) is 72.7. The summed E-state index contributed by atoms with van der Waals surface area (Å²) in [7, 11) is 0. The van der Waals surface area contributed by atoms with E-state index in [-0.39, 0.29) is 48.7 Å². The Morgan fingerprint density at radius 2 is 0.460 bits per heavy atom. The van der Waals surface area contributed by atoms with Gasteiger partial charge in [-0.05, 0) is 262 Å². The second-order valence-electron chi connectivity index (χ2n) is 24.0. The van der Waals surface area contributed by atoms with Gasteiger partial charge in [0.25, 0.3) is 0 Å². The van der Waals surface area contributed by atoms with E-state index in [1.54, 1.807) is 121 Å². The number of aldehydes is 4. The molecule has 8 bridgehead atoms. The van der Waals surface area contributed by atoms with E-state index in [1.807, 2.05) is 48.5 Å². The molecule has 16 heteroatoms. The van der Waals surface area contributed by atoms with Gasteiger partial charge < -0.3 is 37.9 Å². The SMILES string of the molecule is CCCCOc1c2cc(C=CC(=O)Oc3ccc(C=O)cc3)cc1Cc1cc(C=CC(=O)Oc3ccc(C=O)cc3)cc(c1OCCCC)Cc1cc(C=CC(=O)Oc3ccc(C=O)cc3)cc(c1OCCCC)Cc1cc(C=CC(=O)Oc3ccc(C=O)cc3)cc(c1OCCCC)C2. The third kappa shape index (κ3) is 21.2. The monoisotopic (exact) mass is 1340 g/mol. The van der Waals surface area contributed by atoms with Crippen molar-refractivity contribution in [1.82, 2.24) is 0 Å². The Labute approximate surface area is 582 Å². The Morgan fingerprint density at radius 3 is 0.620 bits per heavy atom. The molecule has 512 valence electrons. The summed E-state index contributed by atoms with van der Waals surface area (Å²) in [6.07, 6.45) is 21.8. The van der Waals surface area contributed by atoms with E-state index in [0.29, 0.717) is 119 Å². The molecule has 0 radical (unpaired) electrons. The summed E-state index contributed by atoms with van der Waals surface area (Å²) in [6.45, 7) is 9.72. The molecule has 8 aromatic carbocycles. The average Bonchev–Trinajstić information content (AvgIpc) is 0.775. The molecule has 0 fully saturated rings. The zero-order valence-corrected chi connectivity index (χ0v) is 56.6. The second-order valence-corrected chi connectivity index (χ2v) is 24.0. The van der Waals surface area contributed by atoms with Crippen molar-refractivity contribution in [3.05, 3.63) is 259 Å². The summed E-state index contributed by atoms with van der Waals surface area (Å²) >= 11 is 0. The Kier molecular flexibility index (Phi) is 27.1. The van der Waals surface area contributed by atoms with Gasteiger partial charge in [-0.2, -0.15) is 0 Å². The van der Waals surface area contributed by atoms with Crippen molar-refractivity contribution in [1.29, 1.82) is 0 Å². The number of esters is 4. The van der Waals surface area contributed by atoms with Crippen LogP contribution in [0.25, 0.3) is 24.3 Å². The fraction of sp³-hybridized carbons (Fsp3) is 0.238. The van der Waals surface area contributed by atoms with Crippen LogP contribution in [0.1, 0.15) is 187 Å². The van der Waals surface area contributed by atoms with Crippen LogP contribution in [0.4, 0.5) is 0 Å². The molecule has 0 heterocycles. The van der Waals surface area contributed by atoms with Gasteiger partial charge in [-0.3, -0.25) is 19.2 Å². The lowest BCUT2D eigenvalue weighted by Crippen LogP contribution is -2.11. The fourth-order valence-corrected chi connectivity index (χ4v) is 11.1. The normalized spacial score (nSPS) is 11.9. The first-order chi connectivity index (χ1) is 48.8. The molecule has 0 N–H and O–H groups in total. The van der Waals surface area contributed by atoms with Crippen LogP contribution in [0.15, 0.2) is 170 Å². The highest BCUT2D eigenvalue weighted by atomic mass is 16.5. The number of hydrogen-bond acceptors (Lipinski definition) is 16. The van der Waals surface area contributed by atoms with Gasteiger partial charge in [0.05, 0.1) is 26.4 Å². The van der Waals surface area contributed by atoms with Crippen LogP contribution in [-0.4, -0.2) is 75.4 Å². The van der Waals surface area contributed by atoms with Crippen molar-refractivity contribution in [3.63, 3.8) is 0 Å².